The minimum absolute atomic E-state index is 0.190. The van der Waals surface area contributed by atoms with Crippen LogP contribution in [0.25, 0.3) is 0 Å². The normalized spacial score (nSPS) is 25.5. The summed E-state index contributed by atoms with van der Waals surface area (Å²) in [7, 11) is 0. The summed E-state index contributed by atoms with van der Waals surface area (Å²) in [6.07, 6.45) is 5.43. The molecular formula is C14H20ClNO. The molecule has 94 valence electrons. The van der Waals surface area contributed by atoms with Gasteiger partial charge in [0, 0.05) is 17.6 Å². The van der Waals surface area contributed by atoms with Gasteiger partial charge in [-0.1, -0.05) is 43.0 Å². The third kappa shape index (κ3) is 3.98. The van der Waals surface area contributed by atoms with Crippen LogP contribution in [-0.2, 0) is 6.54 Å². The Morgan fingerprint density at radius 2 is 1.82 bits per heavy atom. The van der Waals surface area contributed by atoms with Gasteiger partial charge in [-0.05, 0) is 30.5 Å². The standard InChI is InChI=1S/C14H20ClNO/c15-12-8-6-11(7-9-12)10-16-13-4-2-1-3-5-14(13)17/h6-9,13-14,16-17H,1-5,10H2. The molecule has 1 aliphatic rings. The molecule has 0 spiro atoms. The maximum absolute atomic E-state index is 9.99. The monoisotopic (exact) mass is 253 g/mol. The number of benzene rings is 1. The fourth-order valence-corrected chi connectivity index (χ4v) is 2.50. The van der Waals surface area contributed by atoms with E-state index in [1.165, 1.54) is 18.4 Å². The van der Waals surface area contributed by atoms with Crippen LogP contribution in [0.1, 0.15) is 37.7 Å². The van der Waals surface area contributed by atoms with Crippen LogP contribution in [0, 0.1) is 0 Å². The Labute approximate surface area is 108 Å². The summed E-state index contributed by atoms with van der Waals surface area (Å²) >= 11 is 5.84. The molecule has 2 unspecified atom stereocenters. The molecule has 1 aromatic rings. The Bertz CT molecular complexity index is 339. The fraction of sp³-hybridized carbons (Fsp3) is 0.571. The minimum atomic E-state index is -0.190. The smallest absolute Gasteiger partial charge is 0.0693 e. The van der Waals surface area contributed by atoms with E-state index in [4.69, 9.17) is 11.6 Å². The van der Waals surface area contributed by atoms with E-state index in [2.05, 4.69) is 5.32 Å². The Hall–Kier alpha value is -0.570. The molecule has 3 heteroatoms. The lowest BCUT2D eigenvalue weighted by molar-refractivity contribution is 0.119. The topological polar surface area (TPSA) is 32.3 Å². The van der Waals surface area contributed by atoms with Crippen molar-refractivity contribution in [2.45, 2.75) is 50.8 Å². The van der Waals surface area contributed by atoms with E-state index in [0.717, 1.165) is 30.8 Å². The Morgan fingerprint density at radius 3 is 2.59 bits per heavy atom. The second-order valence-electron chi connectivity index (χ2n) is 4.82. The molecule has 2 nitrogen and oxygen atoms in total. The van der Waals surface area contributed by atoms with E-state index in [1.54, 1.807) is 0 Å². The predicted molar refractivity (Wildman–Crippen MR) is 71.2 cm³/mol. The second-order valence-corrected chi connectivity index (χ2v) is 5.26. The predicted octanol–water partition coefficient (Wildman–Crippen LogP) is 3.12. The van der Waals surface area contributed by atoms with Crippen molar-refractivity contribution in [2.24, 2.45) is 0 Å². The van der Waals surface area contributed by atoms with Crippen LogP contribution in [0.5, 0.6) is 0 Å². The minimum Gasteiger partial charge on any atom is -0.392 e. The van der Waals surface area contributed by atoms with Crippen molar-refractivity contribution < 1.29 is 5.11 Å². The highest BCUT2D eigenvalue weighted by atomic mass is 35.5. The van der Waals surface area contributed by atoms with E-state index >= 15 is 0 Å². The van der Waals surface area contributed by atoms with Crippen molar-refractivity contribution in [3.05, 3.63) is 34.9 Å². The van der Waals surface area contributed by atoms with Crippen LogP contribution >= 0.6 is 11.6 Å². The van der Waals surface area contributed by atoms with Gasteiger partial charge >= 0.3 is 0 Å². The number of hydrogen-bond donors (Lipinski definition) is 2. The number of aliphatic hydroxyl groups excluding tert-OH is 1. The van der Waals surface area contributed by atoms with E-state index in [-0.39, 0.29) is 12.1 Å². The maximum atomic E-state index is 9.99. The molecule has 0 aliphatic heterocycles. The highest BCUT2D eigenvalue weighted by Crippen LogP contribution is 2.18. The quantitative estimate of drug-likeness (QED) is 0.812. The van der Waals surface area contributed by atoms with Crippen LogP contribution in [0.4, 0.5) is 0 Å². The van der Waals surface area contributed by atoms with Gasteiger partial charge < -0.3 is 10.4 Å². The SMILES string of the molecule is OC1CCCCCC1NCc1ccc(Cl)cc1. The molecule has 2 rings (SSSR count). The van der Waals surface area contributed by atoms with E-state index in [1.807, 2.05) is 24.3 Å². The maximum Gasteiger partial charge on any atom is 0.0693 e. The van der Waals surface area contributed by atoms with Crippen LogP contribution in [0.15, 0.2) is 24.3 Å². The van der Waals surface area contributed by atoms with Gasteiger partial charge in [-0.3, -0.25) is 0 Å². The fourth-order valence-electron chi connectivity index (χ4n) is 2.38. The largest absolute Gasteiger partial charge is 0.392 e. The number of aliphatic hydroxyl groups is 1. The zero-order valence-electron chi connectivity index (χ0n) is 10.0. The Morgan fingerprint density at radius 1 is 1.12 bits per heavy atom. The van der Waals surface area contributed by atoms with E-state index in [0.29, 0.717) is 0 Å². The van der Waals surface area contributed by atoms with Gasteiger partial charge in [0.2, 0.25) is 0 Å². The summed E-state index contributed by atoms with van der Waals surface area (Å²) in [6.45, 7) is 0.804. The van der Waals surface area contributed by atoms with E-state index in [9.17, 15) is 5.11 Å². The van der Waals surface area contributed by atoms with Crippen molar-refractivity contribution >= 4 is 11.6 Å². The number of rotatable bonds is 3. The molecule has 0 bridgehead atoms. The lowest BCUT2D eigenvalue weighted by Gasteiger charge is -2.21. The molecule has 0 aromatic heterocycles. The summed E-state index contributed by atoms with van der Waals surface area (Å²) in [5.41, 5.74) is 1.21. The third-order valence-corrected chi connectivity index (χ3v) is 3.71. The Kier molecular flexibility index (Phi) is 4.84. The second kappa shape index (κ2) is 6.39. The first kappa shape index (κ1) is 12.9. The first-order valence-electron chi connectivity index (χ1n) is 6.41. The molecular weight excluding hydrogens is 234 g/mol. The van der Waals surface area contributed by atoms with Gasteiger partial charge in [-0.25, -0.2) is 0 Å². The lowest BCUT2D eigenvalue weighted by atomic mass is 10.1. The average Bonchev–Trinajstić information content (AvgIpc) is 2.54. The molecule has 1 aromatic carbocycles. The molecule has 1 aliphatic carbocycles. The van der Waals surface area contributed by atoms with Crippen molar-refractivity contribution in [3.8, 4) is 0 Å². The van der Waals surface area contributed by atoms with Gasteiger partial charge in [0.1, 0.15) is 0 Å². The molecule has 0 saturated heterocycles. The van der Waals surface area contributed by atoms with Crippen molar-refractivity contribution in [1.29, 1.82) is 0 Å². The molecule has 0 heterocycles. The summed E-state index contributed by atoms with van der Waals surface area (Å²) in [6, 6.07) is 8.11. The summed E-state index contributed by atoms with van der Waals surface area (Å²) in [5.74, 6) is 0. The molecule has 2 N–H and O–H groups in total. The molecule has 0 amide bonds. The summed E-state index contributed by atoms with van der Waals surface area (Å²) in [5, 5.41) is 14.2. The van der Waals surface area contributed by atoms with Gasteiger partial charge in [0.15, 0.2) is 0 Å². The van der Waals surface area contributed by atoms with Crippen LogP contribution in [-0.4, -0.2) is 17.3 Å². The molecule has 1 fully saturated rings. The molecule has 0 radical (unpaired) electrons. The van der Waals surface area contributed by atoms with Gasteiger partial charge in [0.05, 0.1) is 6.10 Å². The zero-order chi connectivity index (χ0) is 12.1. The average molecular weight is 254 g/mol. The van der Waals surface area contributed by atoms with Crippen molar-refractivity contribution in [3.63, 3.8) is 0 Å². The van der Waals surface area contributed by atoms with Crippen LogP contribution in [0.3, 0.4) is 0 Å². The molecule has 17 heavy (non-hydrogen) atoms. The third-order valence-electron chi connectivity index (χ3n) is 3.46. The Balaban J connectivity index is 1.85. The summed E-state index contributed by atoms with van der Waals surface area (Å²) in [4.78, 5) is 0. The number of hydrogen-bond acceptors (Lipinski definition) is 2. The van der Waals surface area contributed by atoms with Crippen molar-refractivity contribution in [2.75, 3.05) is 0 Å². The summed E-state index contributed by atoms with van der Waals surface area (Å²) < 4.78 is 0. The zero-order valence-corrected chi connectivity index (χ0v) is 10.8. The van der Waals surface area contributed by atoms with Crippen LogP contribution in [0.2, 0.25) is 5.02 Å². The number of halogens is 1. The number of nitrogens with one attached hydrogen (secondary N) is 1. The van der Waals surface area contributed by atoms with Gasteiger partial charge in [-0.15, -0.1) is 0 Å². The van der Waals surface area contributed by atoms with Crippen LogP contribution < -0.4 is 5.32 Å². The highest BCUT2D eigenvalue weighted by Gasteiger charge is 2.20. The first-order valence-corrected chi connectivity index (χ1v) is 6.79. The molecule has 1 saturated carbocycles. The van der Waals surface area contributed by atoms with E-state index < -0.39 is 0 Å². The van der Waals surface area contributed by atoms with Crippen molar-refractivity contribution in [1.82, 2.24) is 5.32 Å². The highest BCUT2D eigenvalue weighted by molar-refractivity contribution is 6.30. The molecule has 2 atom stereocenters. The van der Waals surface area contributed by atoms with Gasteiger partial charge in [0.25, 0.3) is 0 Å². The lowest BCUT2D eigenvalue weighted by Crippen LogP contribution is -2.38. The van der Waals surface area contributed by atoms with Gasteiger partial charge in [-0.2, -0.15) is 0 Å². The first-order chi connectivity index (χ1) is 8.25.